The van der Waals surface area contributed by atoms with Gasteiger partial charge < -0.3 is 20.2 Å². The molecule has 1 heterocycles. The number of amides is 1. The average molecular weight is 403 g/mol. The fourth-order valence-corrected chi connectivity index (χ4v) is 3.01. The number of carbonyl (C=O) groups is 1. The SMILES string of the molecule is COc1ccc(C(=O)Nc2ccc3c(C)cc(=O)oc3c2)cc1CCCN.Cl. The number of rotatable bonds is 6. The van der Waals surface area contributed by atoms with Crippen LogP contribution < -0.4 is 21.4 Å². The van der Waals surface area contributed by atoms with Crippen LogP contribution in [0.3, 0.4) is 0 Å². The second-order valence-corrected chi connectivity index (χ2v) is 6.33. The first-order chi connectivity index (χ1) is 13.0. The third-order valence-corrected chi connectivity index (χ3v) is 4.40. The molecule has 2 aromatic carbocycles. The number of halogens is 1. The molecule has 0 saturated carbocycles. The highest BCUT2D eigenvalue weighted by Crippen LogP contribution is 2.24. The maximum Gasteiger partial charge on any atom is 0.336 e. The lowest BCUT2D eigenvalue weighted by Gasteiger charge is -2.11. The van der Waals surface area contributed by atoms with E-state index >= 15 is 0 Å². The van der Waals surface area contributed by atoms with Crippen LogP contribution in [0.15, 0.2) is 51.7 Å². The molecular formula is C21H23ClN2O4. The number of fused-ring (bicyclic) bond motifs is 1. The van der Waals surface area contributed by atoms with Crippen LogP contribution >= 0.6 is 12.4 Å². The molecule has 28 heavy (non-hydrogen) atoms. The van der Waals surface area contributed by atoms with Crippen molar-refractivity contribution in [3.05, 3.63) is 69.6 Å². The second-order valence-electron chi connectivity index (χ2n) is 6.33. The van der Waals surface area contributed by atoms with E-state index in [4.69, 9.17) is 14.9 Å². The molecule has 0 spiro atoms. The third-order valence-electron chi connectivity index (χ3n) is 4.40. The molecule has 7 heteroatoms. The number of nitrogens with two attached hydrogens (primary N) is 1. The monoisotopic (exact) mass is 402 g/mol. The van der Waals surface area contributed by atoms with Crippen molar-refractivity contribution in [3.63, 3.8) is 0 Å². The summed E-state index contributed by atoms with van der Waals surface area (Å²) in [5.41, 5.74) is 8.46. The highest BCUT2D eigenvalue weighted by molar-refractivity contribution is 6.05. The van der Waals surface area contributed by atoms with Gasteiger partial charge >= 0.3 is 5.63 Å². The molecule has 0 aliphatic rings. The van der Waals surface area contributed by atoms with Crippen LogP contribution in [-0.4, -0.2) is 19.6 Å². The molecule has 3 rings (SSSR count). The van der Waals surface area contributed by atoms with Gasteiger partial charge in [-0.3, -0.25) is 4.79 Å². The molecule has 1 amide bonds. The summed E-state index contributed by atoms with van der Waals surface area (Å²) in [5, 5.41) is 3.68. The Morgan fingerprint density at radius 2 is 1.96 bits per heavy atom. The zero-order valence-corrected chi connectivity index (χ0v) is 16.6. The van der Waals surface area contributed by atoms with Crippen molar-refractivity contribution in [2.24, 2.45) is 5.73 Å². The van der Waals surface area contributed by atoms with Crippen molar-refractivity contribution in [2.75, 3.05) is 19.0 Å². The van der Waals surface area contributed by atoms with Crippen LogP contribution in [0.2, 0.25) is 0 Å². The summed E-state index contributed by atoms with van der Waals surface area (Å²) in [6.07, 6.45) is 1.55. The van der Waals surface area contributed by atoms with Crippen molar-refractivity contribution in [2.45, 2.75) is 19.8 Å². The Labute approximate surface area is 169 Å². The van der Waals surface area contributed by atoms with E-state index in [9.17, 15) is 9.59 Å². The molecule has 0 radical (unpaired) electrons. The first kappa shape index (κ1) is 21.5. The lowest BCUT2D eigenvalue weighted by molar-refractivity contribution is 0.102. The number of nitrogens with one attached hydrogen (secondary N) is 1. The summed E-state index contributed by atoms with van der Waals surface area (Å²) >= 11 is 0. The molecule has 0 bridgehead atoms. The van der Waals surface area contributed by atoms with Crippen LogP contribution in [0.4, 0.5) is 5.69 Å². The van der Waals surface area contributed by atoms with Crippen molar-refractivity contribution in [1.29, 1.82) is 0 Å². The van der Waals surface area contributed by atoms with Gasteiger partial charge in [0, 0.05) is 28.8 Å². The summed E-state index contributed by atoms with van der Waals surface area (Å²) in [6.45, 7) is 2.42. The van der Waals surface area contributed by atoms with Gasteiger partial charge in [0.1, 0.15) is 11.3 Å². The molecule has 0 aliphatic carbocycles. The second kappa shape index (κ2) is 9.39. The zero-order valence-electron chi connectivity index (χ0n) is 15.8. The van der Waals surface area contributed by atoms with Crippen LogP contribution in [0.25, 0.3) is 11.0 Å². The smallest absolute Gasteiger partial charge is 0.336 e. The summed E-state index contributed by atoms with van der Waals surface area (Å²) in [4.78, 5) is 24.2. The van der Waals surface area contributed by atoms with Crippen molar-refractivity contribution < 1.29 is 13.9 Å². The molecule has 3 aromatic rings. The minimum absolute atomic E-state index is 0. The van der Waals surface area contributed by atoms with E-state index in [1.54, 1.807) is 31.4 Å². The minimum atomic E-state index is -0.414. The highest BCUT2D eigenvalue weighted by atomic mass is 35.5. The summed E-state index contributed by atoms with van der Waals surface area (Å²) < 4.78 is 10.6. The summed E-state index contributed by atoms with van der Waals surface area (Å²) in [7, 11) is 1.60. The predicted octanol–water partition coefficient (Wildman–Crippen LogP) is 3.68. The van der Waals surface area contributed by atoms with Crippen molar-refractivity contribution in [1.82, 2.24) is 0 Å². The fraction of sp³-hybridized carbons (Fsp3) is 0.238. The van der Waals surface area contributed by atoms with Gasteiger partial charge in [-0.2, -0.15) is 0 Å². The van der Waals surface area contributed by atoms with Gasteiger partial charge in [0.05, 0.1) is 7.11 Å². The predicted molar refractivity (Wildman–Crippen MR) is 113 cm³/mol. The third kappa shape index (κ3) is 4.71. The lowest BCUT2D eigenvalue weighted by Crippen LogP contribution is -2.13. The maximum atomic E-state index is 12.6. The van der Waals surface area contributed by atoms with Crippen molar-refractivity contribution in [3.8, 4) is 5.75 Å². The average Bonchev–Trinajstić information content (AvgIpc) is 2.65. The van der Waals surface area contributed by atoms with Crippen LogP contribution in [-0.2, 0) is 6.42 Å². The Balaban J connectivity index is 0.00000280. The lowest BCUT2D eigenvalue weighted by atomic mass is 10.0. The Morgan fingerprint density at radius 1 is 1.18 bits per heavy atom. The summed E-state index contributed by atoms with van der Waals surface area (Å²) in [6, 6.07) is 12.0. The number of carbonyl (C=O) groups excluding carboxylic acids is 1. The van der Waals surface area contributed by atoms with Gasteiger partial charge in [-0.1, -0.05) is 0 Å². The molecule has 0 unspecified atom stereocenters. The molecule has 0 aliphatic heterocycles. The van der Waals surface area contributed by atoms with Crippen LogP contribution in [0, 0.1) is 6.92 Å². The molecular weight excluding hydrogens is 380 g/mol. The minimum Gasteiger partial charge on any atom is -0.496 e. The van der Waals surface area contributed by atoms with E-state index < -0.39 is 5.63 Å². The Hall–Kier alpha value is -2.83. The van der Waals surface area contributed by atoms with Gasteiger partial charge in [0.25, 0.3) is 5.91 Å². The molecule has 0 atom stereocenters. The fourth-order valence-electron chi connectivity index (χ4n) is 3.01. The molecule has 148 valence electrons. The molecule has 1 aromatic heterocycles. The van der Waals surface area contributed by atoms with Gasteiger partial charge in [0.2, 0.25) is 0 Å². The van der Waals surface area contributed by atoms with Gasteiger partial charge in [-0.05, 0) is 67.8 Å². The van der Waals surface area contributed by atoms with E-state index in [1.807, 2.05) is 19.1 Å². The Bertz CT molecular complexity index is 1050. The molecule has 6 nitrogen and oxygen atoms in total. The number of benzene rings is 2. The molecule has 0 fully saturated rings. The maximum absolute atomic E-state index is 12.6. The van der Waals surface area contributed by atoms with E-state index in [0.29, 0.717) is 23.4 Å². The Morgan fingerprint density at radius 3 is 2.68 bits per heavy atom. The summed E-state index contributed by atoms with van der Waals surface area (Å²) in [5.74, 6) is 0.490. The number of aryl methyl sites for hydroxylation is 2. The van der Waals surface area contributed by atoms with E-state index in [1.165, 1.54) is 6.07 Å². The van der Waals surface area contributed by atoms with Crippen molar-refractivity contribution >= 4 is 35.0 Å². The number of hydrogen-bond donors (Lipinski definition) is 2. The molecule has 0 saturated heterocycles. The standard InChI is InChI=1S/C21H22N2O4.ClH/c1-13-10-20(24)27-19-12-16(6-7-17(13)19)23-21(25)15-5-8-18(26-2)14(11-15)4-3-9-22;/h5-8,10-12H,3-4,9,22H2,1-2H3,(H,23,25);1H. The zero-order chi connectivity index (χ0) is 19.4. The number of hydrogen-bond acceptors (Lipinski definition) is 5. The van der Waals surface area contributed by atoms with E-state index in [0.717, 1.165) is 35.1 Å². The largest absolute Gasteiger partial charge is 0.496 e. The molecule has 3 N–H and O–H groups in total. The normalized spacial score (nSPS) is 10.4. The van der Waals surface area contributed by atoms with Gasteiger partial charge in [0.15, 0.2) is 0 Å². The number of anilines is 1. The topological polar surface area (TPSA) is 94.6 Å². The van der Waals surface area contributed by atoms with Gasteiger partial charge in [-0.25, -0.2) is 4.79 Å². The quantitative estimate of drug-likeness (QED) is 0.613. The van der Waals surface area contributed by atoms with E-state index in [2.05, 4.69) is 5.32 Å². The Kier molecular flexibility index (Phi) is 7.20. The van der Waals surface area contributed by atoms with E-state index in [-0.39, 0.29) is 18.3 Å². The first-order valence-corrected chi connectivity index (χ1v) is 8.74. The number of methoxy groups -OCH3 is 1. The number of ether oxygens (including phenoxy) is 1. The van der Waals surface area contributed by atoms with Gasteiger partial charge in [-0.15, -0.1) is 12.4 Å². The van der Waals surface area contributed by atoms with Crippen LogP contribution in [0.5, 0.6) is 5.75 Å². The first-order valence-electron chi connectivity index (χ1n) is 8.74. The van der Waals surface area contributed by atoms with Crippen LogP contribution in [0.1, 0.15) is 27.9 Å². The highest BCUT2D eigenvalue weighted by Gasteiger charge is 2.12.